The van der Waals surface area contributed by atoms with Gasteiger partial charge in [0.2, 0.25) is 0 Å². The van der Waals surface area contributed by atoms with Gasteiger partial charge in [-0.25, -0.2) is 4.39 Å². The molecule has 1 atom stereocenters. The number of nitrogens with two attached hydrogens (primary N) is 1. The summed E-state index contributed by atoms with van der Waals surface area (Å²) in [4.78, 5) is 11.1. The maximum atomic E-state index is 13.5. The van der Waals surface area contributed by atoms with Crippen LogP contribution < -0.4 is 15.2 Å². The first kappa shape index (κ1) is 18.8. The zero-order valence-corrected chi connectivity index (χ0v) is 15.1. The molecule has 0 saturated carbocycles. The van der Waals surface area contributed by atoms with Crippen molar-refractivity contribution in [3.05, 3.63) is 45.7 Å². The summed E-state index contributed by atoms with van der Waals surface area (Å²) >= 11 is 12.4. The highest BCUT2D eigenvalue weighted by atomic mass is 35.5. The molecule has 26 heavy (non-hydrogen) atoms. The number of carboxylic acid groups (broad SMARTS) is 1. The molecular formula is C18H16Cl2FNO4. The van der Waals surface area contributed by atoms with Gasteiger partial charge in [0.25, 0.3) is 0 Å². The van der Waals surface area contributed by atoms with E-state index in [0.717, 1.165) is 0 Å². The van der Waals surface area contributed by atoms with Gasteiger partial charge in [0.15, 0.2) is 11.5 Å². The van der Waals surface area contributed by atoms with Crippen molar-refractivity contribution < 1.29 is 23.8 Å². The topological polar surface area (TPSA) is 81.8 Å². The minimum atomic E-state index is -1.11. The second-order valence-electron chi connectivity index (χ2n) is 5.87. The molecule has 1 aliphatic heterocycles. The van der Waals surface area contributed by atoms with Gasteiger partial charge in [-0.15, -0.1) is 0 Å². The van der Waals surface area contributed by atoms with E-state index >= 15 is 0 Å². The SMILES string of the molecule is N[C@@H](Cc1ccc(-c2c(Cl)cc(F)cc2Cl)c2c1OCCCO2)C(=O)O. The van der Waals surface area contributed by atoms with E-state index < -0.39 is 17.8 Å². The lowest BCUT2D eigenvalue weighted by Gasteiger charge is -2.19. The van der Waals surface area contributed by atoms with Gasteiger partial charge in [0.05, 0.1) is 23.3 Å². The molecule has 0 bridgehead atoms. The molecule has 5 nitrogen and oxygen atoms in total. The zero-order valence-electron chi connectivity index (χ0n) is 13.6. The number of halogens is 3. The Kier molecular flexibility index (Phi) is 5.55. The molecule has 8 heteroatoms. The molecule has 0 radical (unpaired) electrons. The Morgan fingerprint density at radius 3 is 2.42 bits per heavy atom. The van der Waals surface area contributed by atoms with Crippen molar-refractivity contribution >= 4 is 29.2 Å². The molecule has 1 heterocycles. The van der Waals surface area contributed by atoms with Crippen LogP contribution in [-0.4, -0.2) is 30.3 Å². The van der Waals surface area contributed by atoms with Crippen LogP contribution in [-0.2, 0) is 11.2 Å². The highest BCUT2D eigenvalue weighted by molar-refractivity contribution is 6.39. The fourth-order valence-electron chi connectivity index (χ4n) is 2.79. The molecule has 2 aromatic rings. The molecule has 0 amide bonds. The number of benzene rings is 2. The molecule has 0 unspecified atom stereocenters. The maximum absolute atomic E-state index is 13.5. The quantitative estimate of drug-likeness (QED) is 0.813. The first-order valence-electron chi connectivity index (χ1n) is 7.93. The molecule has 0 aromatic heterocycles. The number of fused-ring (bicyclic) bond motifs is 1. The largest absolute Gasteiger partial charge is 0.489 e. The van der Waals surface area contributed by atoms with Crippen molar-refractivity contribution in [2.24, 2.45) is 5.73 Å². The molecule has 0 spiro atoms. The second-order valence-corrected chi connectivity index (χ2v) is 6.69. The predicted octanol–water partition coefficient (Wildman–Crippen LogP) is 3.92. The molecule has 3 N–H and O–H groups in total. The van der Waals surface area contributed by atoms with Gasteiger partial charge in [-0.1, -0.05) is 29.3 Å². The first-order valence-corrected chi connectivity index (χ1v) is 8.69. The lowest BCUT2D eigenvalue weighted by atomic mass is 9.98. The number of carboxylic acids is 1. The standard InChI is InChI=1S/C18H16Cl2FNO4/c19-12-7-10(21)8-13(20)15(12)11-3-2-9(6-14(22)18(23)24)16-17(11)26-5-1-4-25-16/h2-3,7-8,14H,1,4-6,22H2,(H,23,24)/t14-/m0/s1. The number of hydrogen-bond acceptors (Lipinski definition) is 4. The van der Waals surface area contributed by atoms with Gasteiger partial charge in [0.1, 0.15) is 11.9 Å². The van der Waals surface area contributed by atoms with Crippen molar-refractivity contribution in [2.45, 2.75) is 18.9 Å². The smallest absolute Gasteiger partial charge is 0.320 e. The molecule has 138 valence electrons. The third kappa shape index (κ3) is 3.72. The lowest BCUT2D eigenvalue weighted by Crippen LogP contribution is -2.32. The fourth-order valence-corrected chi connectivity index (χ4v) is 3.46. The van der Waals surface area contributed by atoms with Crippen LogP contribution in [0, 0.1) is 5.82 Å². The maximum Gasteiger partial charge on any atom is 0.320 e. The Bertz CT molecular complexity index is 836. The van der Waals surface area contributed by atoms with E-state index in [1.807, 2.05) is 0 Å². The van der Waals surface area contributed by atoms with Crippen molar-refractivity contribution in [1.82, 2.24) is 0 Å². The second kappa shape index (κ2) is 7.70. The highest BCUT2D eigenvalue weighted by Crippen LogP contribution is 2.46. The van der Waals surface area contributed by atoms with E-state index in [-0.39, 0.29) is 16.5 Å². The molecule has 3 rings (SSSR count). The van der Waals surface area contributed by atoms with Gasteiger partial charge in [-0.3, -0.25) is 4.79 Å². The molecular weight excluding hydrogens is 384 g/mol. The van der Waals surface area contributed by atoms with Gasteiger partial charge in [-0.2, -0.15) is 0 Å². The zero-order chi connectivity index (χ0) is 18.8. The third-order valence-electron chi connectivity index (χ3n) is 4.01. The third-order valence-corrected chi connectivity index (χ3v) is 4.60. The van der Waals surface area contributed by atoms with Crippen LogP contribution in [0.4, 0.5) is 4.39 Å². The average molecular weight is 400 g/mol. The van der Waals surface area contributed by atoms with Crippen LogP contribution in [0.2, 0.25) is 10.0 Å². The van der Waals surface area contributed by atoms with Crippen LogP contribution in [0.5, 0.6) is 11.5 Å². The summed E-state index contributed by atoms with van der Waals surface area (Å²) < 4.78 is 25.1. The normalized spacial score (nSPS) is 14.6. The number of hydrogen-bond donors (Lipinski definition) is 2. The van der Waals surface area contributed by atoms with Crippen LogP contribution in [0.15, 0.2) is 24.3 Å². The summed E-state index contributed by atoms with van der Waals surface area (Å²) in [6, 6.07) is 4.65. The van der Waals surface area contributed by atoms with Gasteiger partial charge in [-0.05, 0) is 18.2 Å². The Hall–Kier alpha value is -2.02. The Labute approximate surface area is 159 Å². The minimum absolute atomic E-state index is 0.0756. The average Bonchev–Trinajstić information content (AvgIpc) is 2.81. The summed E-state index contributed by atoms with van der Waals surface area (Å²) in [5.41, 5.74) is 7.23. The van der Waals surface area contributed by atoms with E-state index in [1.54, 1.807) is 12.1 Å². The summed E-state index contributed by atoms with van der Waals surface area (Å²) in [6.07, 6.45) is 0.732. The predicted molar refractivity (Wildman–Crippen MR) is 96.8 cm³/mol. The van der Waals surface area contributed by atoms with Crippen molar-refractivity contribution in [2.75, 3.05) is 13.2 Å². The van der Waals surface area contributed by atoms with Crippen molar-refractivity contribution in [1.29, 1.82) is 0 Å². The Morgan fingerprint density at radius 2 is 1.81 bits per heavy atom. The fraction of sp³-hybridized carbons (Fsp3) is 0.278. The summed E-state index contributed by atoms with van der Waals surface area (Å²) in [6.45, 7) is 0.821. The summed E-state index contributed by atoms with van der Waals surface area (Å²) in [5.74, 6) is -0.848. The van der Waals surface area contributed by atoms with E-state index in [1.165, 1.54) is 12.1 Å². The Balaban J connectivity index is 2.15. The Morgan fingerprint density at radius 1 is 1.19 bits per heavy atom. The van der Waals surface area contributed by atoms with Crippen molar-refractivity contribution in [3.8, 4) is 22.6 Å². The van der Waals surface area contributed by atoms with E-state index in [0.29, 0.717) is 47.8 Å². The molecule has 0 saturated heterocycles. The van der Waals surface area contributed by atoms with E-state index in [2.05, 4.69) is 0 Å². The number of rotatable bonds is 4. The summed E-state index contributed by atoms with van der Waals surface area (Å²) in [7, 11) is 0. The monoisotopic (exact) mass is 399 g/mol. The van der Waals surface area contributed by atoms with Gasteiger partial charge in [0, 0.05) is 29.5 Å². The van der Waals surface area contributed by atoms with Crippen molar-refractivity contribution in [3.63, 3.8) is 0 Å². The van der Waals surface area contributed by atoms with Crippen LogP contribution in [0.1, 0.15) is 12.0 Å². The summed E-state index contributed by atoms with van der Waals surface area (Å²) in [5, 5.41) is 9.34. The van der Waals surface area contributed by atoms with Crippen LogP contribution in [0.3, 0.4) is 0 Å². The minimum Gasteiger partial charge on any atom is -0.489 e. The van der Waals surface area contributed by atoms with E-state index in [9.17, 15) is 9.18 Å². The van der Waals surface area contributed by atoms with E-state index in [4.69, 9.17) is 43.5 Å². The molecule has 0 fully saturated rings. The first-order chi connectivity index (χ1) is 12.4. The number of carbonyl (C=O) groups is 1. The van der Waals surface area contributed by atoms with Gasteiger partial charge >= 0.3 is 5.97 Å². The molecule has 2 aromatic carbocycles. The molecule has 0 aliphatic carbocycles. The molecule has 1 aliphatic rings. The van der Waals surface area contributed by atoms with Crippen LogP contribution >= 0.6 is 23.2 Å². The highest BCUT2D eigenvalue weighted by Gasteiger charge is 2.25. The number of ether oxygens (including phenoxy) is 2. The van der Waals surface area contributed by atoms with Gasteiger partial charge < -0.3 is 20.3 Å². The number of aliphatic carboxylic acids is 1. The van der Waals surface area contributed by atoms with Crippen LogP contribution in [0.25, 0.3) is 11.1 Å². The lowest BCUT2D eigenvalue weighted by molar-refractivity contribution is -0.138.